The number of carbonyl (C=O) groups excluding carboxylic acids is 1. The molecule has 0 aliphatic rings. The van der Waals surface area contributed by atoms with Crippen molar-refractivity contribution in [1.29, 1.82) is 5.26 Å². The van der Waals surface area contributed by atoms with Crippen molar-refractivity contribution in [3.05, 3.63) is 28.2 Å². The third kappa shape index (κ3) is 4.17. The SMILES string of the molecule is CC(Oc1ccc(Br)cc1C(C)(F)F)C(=O)NC#N. The molecular formula is C12H11BrF2N2O2. The Bertz CT molecular complexity index is 523. The van der Waals surface area contributed by atoms with Crippen molar-refractivity contribution in [2.24, 2.45) is 0 Å². The Balaban J connectivity index is 3.02. The van der Waals surface area contributed by atoms with Gasteiger partial charge in [0, 0.05) is 11.4 Å². The molecule has 0 saturated heterocycles. The fraction of sp³-hybridized carbons (Fsp3) is 0.333. The highest BCUT2D eigenvalue weighted by Crippen LogP contribution is 2.36. The smallest absolute Gasteiger partial charge is 0.274 e. The summed E-state index contributed by atoms with van der Waals surface area (Å²) < 4.78 is 32.5. The van der Waals surface area contributed by atoms with Crippen LogP contribution >= 0.6 is 15.9 Å². The highest BCUT2D eigenvalue weighted by Gasteiger charge is 2.30. The zero-order valence-electron chi connectivity index (χ0n) is 10.2. The first kappa shape index (κ1) is 15.4. The Morgan fingerprint density at radius 1 is 1.58 bits per heavy atom. The minimum absolute atomic E-state index is 0.101. The average molecular weight is 333 g/mol. The zero-order chi connectivity index (χ0) is 14.6. The molecule has 1 rings (SSSR count). The van der Waals surface area contributed by atoms with E-state index in [-0.39, 0.29) is 11.3 Å². The van der Waals surface area contributed by atoms with E-state index in [2.05, 4.69) is 15.9 Å². The number of carbonyl (C=O) groups is 1. The molecule has 4 nitrogen and oxygen atoms in total. The number of ether oxygens (including phenoxy) is 1. The van der Waals surface area contributed by atoms with Crippen LogP contribution in [0.5, 0.6) is 5.75 Å². The second kappa shape index (κ2) is 5.97. The molecule has 7 heteroatoms. The van der Waals surface area contributed by atoms with E-state index in [0.29, 0.717) is 4.47 Å². The van der Waals surface area contributed by atoms with E-state index in [0.717, 1.165) is 6.92 Å². The molecule has 0 aliphatic heterocycles. The monoisotopic (exact) mass is 332 g/mol. The van der Waals surface area contributed by atoms with E-state index < -0.39 is 17.9 Å². The second-order valence-electron chi connectivity index (χ2n) is 3.89. The Morgan fingerprint density at radius 2 is 2.21 bits per heavy atom. The van der Waals surface area contributed by atoms with Gasteiger partial charge in [0.25, 0.3) is 11.8 Å². The van der Waals surface area contributed by atoms with Gasteiger partial charge in [0.2, 0.25) is 0 Å². The van der Waals surface area contributed by atoms with Gasteiger partial charge in [-0.05, 0) is 25.1 Å². The molecule has 0 aromatic heterocycles. The normalized spacial score (nSPS) is 12.4. The largest absolute Gasteiger partial charge is 0.480 e. The molecule has 1 aromatic carbocycles. The van der Waals surface area contributed by atoms with E-state index in [1.807, 2.05) is 5.32 Å². The number of alkyl halides is 2. The van der Waals surface area contributed by atoms with Crippen molar-refractivity contribution in [3.8, 4) is 11.9 Å². The quantitative estimate of drug-likeness (QED) is 0.681. The maximum absolute atomic E-state index is 13.4. The third-order valence-electron chi connectivity index (χ3n) is 2.27. The number of benzene rings is 1. The lowest BCUT2D eigenvalue weighted by molar-refractivity contribution is -0.126. The summed E-state index contributed by atoms with van der Waals surface area (Å²) in [5, 5.41) is 10.2. The van der Waals surface area contributed by atoms with Gasteiger partial charge in [-0.25, -0.2) is 8.78 Å². The number of nitriles is 1. The predicted octanol–water partition coefficient (Wildman–Crippen LogP) is 2.93. The van der Waals surface area contributed by atoms with Gasteiger partial charge in [0.1, 0.15) is 5.75 Å². The van der Waals surface area contributed by atoms with Crippen LogP contribution in [0.25, 0.3) is 0 Å². The molecule has 0 aliphatic carbocycles. The van der Waals surface area contributed by atoms with Gasteiger partial charge in [-0.15, -0.1) is 0 Å². The van der Waals surface area contributed by atoms with Crippen LogP contribution < -0.4 is 10.1 Å². The molecular weight excluding hydrogens is 322 g/mol. The van der Waals surface area contributed by atoms with Gasteiger partial charge < -0.3 is 4.74 Å². The highest BCUT2D eigenvalue weighted by atomic mass is 79.9. The first-order valence-electron chi connectivity index (χ1n) is 5.29. The Labute approximate surface area is 117 Å². The van der Waals surface area contributed by atoms with E-state index in [4.69, 9.17) is 10.00 Å². The lowest BCUT2D eigenvalue weighted by atomic mass is 10.1. The Morgan fingerprint density at radius 3 is 2.74 bits per heavy atom. The molecule has 0 radical (unpaired) electrons. The minimum atomic E-state index is -3.11. The fourth-order valence-corrected chi connectivity index (χ4v) is 1.71. The molecule has 0 spiro atoms. The Kier molecular flexibility index (Phi) is 4.84. The van der Waals surface area contributed by atoms with Crippen molar-refractivity contribution in [2.45, 2.75) is 25.9 Å². The molecule has 1 aromatic rings. The van der Waals surface area contributed by atoms with Crippen molar-refractivity contribution < 1.29 is 18.3 Å². The second-order valence-corrected chi connectivity index (χ2v) is 4.81. The van der Waals surface area contributed by atoms with E-state index in [1.54, 1.807) is 0 Å². The lowest BCUT2D eigenvalue weighted by Crippen LogP contribution is -2.34. The van der Waals surface area contributed by atoms with Crippen LogP contribution in [0.15, 0.2) is 22.7 Å². The summed E-state index contributed by atoms with van der Waals surface area (Å²) >= 11 is 3.10. The maximum atomic E-state index is 13.4. The first-order valence-corrected chi connectivity index (χ1v) is 6.08. The van der Waals surface area contributed by atoms with E-state index in [9.17, 15) is 13.6 Å². The van der Waals surface area contributed by atoms with Gasteiger partial charge in [0.15, 0.2) is 12.3 Å². The number of amides is 1. The molecule has 0 fully saturated rings. The summed E-state index contributed by atoms with van der Waals surface area (Å²) in [6, 6.07) is 4.09. The van der Waals surface area contributed by atoms with Crippen LogP contribution in [0.2, 0.25) is 0 Å². The van der Waals surface area contributed by atoms with E-state index in [1.165, 1.54) is 31.3 Å². The summed E-state index contributed by atoms with van der Waals surface area (Å²) in [6.07, 6.45) is 0.399. The van der Waals surface area contributed by atoms with Crippen LogP contribution in [0.4, 0.5) is 8.78 Å². The molecule has 1 unspecified atom stereocenters. The number of hydrogen-bond donors (Lipinski definition) is 1. The molecule has 0 heterocycles. The third-order valence-corrected chi connectivity index (χ3v) is 2.76. The molecule has 19 heavy (non-hydrogen) atoms. The topological polar surface area (TPSA) is 62.1 Å². The molecule has 0 saturated carbocycles. The van der Waals surface area contributed by atoms with Crippen LogP contribution in [-0.2, 0) is 10.7 Å². The first-order chi connectivity index (χ1) is 8.75. The summed E-state index contributed by atoms with van der Waals surface area (Å²) in [4.78, 5) is 11.3. The zero-order valence-corrected chi connectivity index (χ0v) is 11.8. The van der Waals surface area contributed by atoms with Gasteiger partial charge in [-0.2, -0.15) is 5.26 Å². The number of hydrogen-bond acceptors (Lipinski definition) is 3. The summed E-state index contributed by atoms with van der Waals surface area (Å²) in [7, 11) is 0. The fourth-order valence-electron chi connectivity index (χ4n) is 1.35. The molecule has 1 N–H and O–H groups in total. The van der Waals surface area contributed by atoms with Crippen LogP contribution in [0.1, 0.15) is 19.4 Å². The number of nitrogens with one attached hydrogen (secondary N) is 1. The van der Waals surface area contributed by atoms with Crippen LogP contribution in [0, 0.1) is 11.5 Å². The highest BCUT2D eigenvalue weighted by molar-refractivity contribution is 9.10. The van der Waals surface area contributed by atoms with E-state index >= 15 is 0 Å². The van der Waals surface area contributed by atoms with Crippen molar-refractivity contribution in [3.63, 3.8) is 0 Å². The van der Waals surface area contributed by atoms with Gasteiger partial charge in [-0.3, -0.25) is 10.1 Å². The minimum Gasteiger partial charge on any atom is -0.480 e. The Hall–Kier alpha value is -1.68. The van der Waals surface area contributed by atoms with Crippen molar-refractivity contribution >= 4 is 21.8 Å². The molecule has 102 valence electrons. The predicted molar refractivity (Wildman–Crippen MR) is 67.6 cm³/mol. The van der Waals surface area contributed by atoms with Gasteiger partial charge in [-0.1, -0.05) is 15.9 Å². The lowest BCUT2D eigenvalue weighted by Gasteiger charge is -2.19. The summed E-state index contributed by atoms with van der Waals surface area (Å²) in [6.45, 7) is 2.11. The standard InChI is InChI=1S/C12H11BrF2N2O2/c1-7(11(18)17-6-16)19-10-4-3-8(13)5-9(10)12(2,14)15/h3-5,7H,1-2H3,(H,17,18). The summed E-state index contributed by atoms with van der Waals surface area (Å²) in [5.41, 5.74) is -0.335. The van der Waals surface area contributed by atoms with Crippen LogP contribution in [0.3, 0.4) is 0 Å². The van der Waals surface area contributed by atoms with Crippen molar-refractivity contribution in [1.82, 2.24) is 5.32 Å². The molecule has 1 amide bonds. The molecule has 0 bridgehead atoms. The van der Waals surface area contributed by atoms with Gasteiger partial charge >= 0.3 is 0 Å². The number of halogens is 3. The maximum Gasteiger partial charge on any atom is 0.274 e. The van der Waals surface area contributed by atoms with Crippen LogP contribution in [-0.4, -0.2) is 12.0 Å². The summed E-state index contributed by atoms with van der Waals surface area (Å²) in [5.74, 6) is -3.91. The molecule has 1 atom stereocenters. The number of nitrogens with zero attached hydrogens (tertiary/aromatic N) is 1. The average Bonchev–Trinajstić information content (AvgIpc) is 2.30. The number of rotatable bonds is 4. The van der Waals surface area contributed by atoms with Crippen molar-refractivity contribution in [2.75, 3.05) is 0 Å². The van der Waals surface area contributed by atoms with Gasteiger partial charge in [0.05, 0.1) is 5.56 Å².